The van der Waals surface area contributed by atoms with Crippen LogP contribution in [0.2, 0.25) is 0 Å². The first kappa shape index (κ1) is 11.9. The molecule has 0 saturated carbocycles. The predicted molar refractivity (Wildman–Crippen MR) is 66.4 cm³/mol. The summed E-state index contributed by atoms with van der Waals surface area (Å²) >= 11 is 0. The summed E-state index contributed by atoms with van der Waals surface area (Å²) in [5, 5.41) is 2.64. The summed E-state index contributed by atoms with van der Waals surface area (Å²) in [5.41, 5.74) is 6.31. The van der Waals surface area contributed by atoms with Crippen molar-refractivity contribution in [3.8, 4) is 0 Å². The van der Waals surface area contributed by atoms with E-state index in [0.717, 1.165) is 0 Å². The lowest BCUT2D eigenvalue weighted by Gasteiger charge is -2.07. The second-order valence-electron chi connectivity index (χ2n) is 3.75. The summed E-state index contributed by atoms with van der Waals surface area (Å²) in [6.45, 7) is 1.69. The molecule has 1 aromatic heterocycles. The molecule has 18 heavy (non-hydrogen) atoms. The molecule has 0 atom stereocenters. The summed E-state index contributed by atoms with van der Waals surface area (Å²) in [7, 11) is 0. The fourth-order valence-electron chi connectivity index (χ4n) is 1.62. The second-order valence-corrected chi connectivity index (χ2v) is 3.75. The number of rotatable bonds is 3. The Hall–Kier alpha value is -2.56. The lowest BCUT2D eigenvalue weighted by Crippen LogP contribution is -2.18. The number of carbonyl (C=O) groups is 2. The number of furan rings is 1. The highest BCUT2D eigenvalue weighted by molar-refractivity contribution is 6.09. The summed E-state index contributed by atoms with van der Waals surface area (Å²) in [6, 6.07) is 8.13. The first-order valence-corrected chi connectivity index (χ1v) is 5.34. The van der Waals surface area contributed by atoms with Gasteiger partial charge >= 0.3 is 0 Å². The van der Waals surface area contributed by atoms with Gasteiger partial charge in [-0.05, 0) is 25.1 Å². The first-order valence-electron chi connectivity index (χ1n) is 5.34. The highest BCUT2D eigenvalue weighted by Crippen LogP contribution is 2.17. The number of amides is 2. The van der Waals surface area contributed by atoms with Crippen molar-refractivity contribution < 1.29 is 14.0 Å². The maximum absolute atomic E-state index is 11.9. The standard InChI is InChI=1S/C13H12N2O3/c1-8-9(6-7-18-8)13(17)15-11-5-3-2-4-10(11)12(14)16/h2-7H,1H3,(H2,14,16)(H,15,17). The van der Waals surface area contributed by atoms with Gasteiger partial charge in [-0.3, -0.25) is 9.59 Å². The van der Waals surface area contributed by atoms with E-state index in [1.807, 2.05) is 0 Å². The molecule has 0 aliphatic heterocycles. The zero-order chi connectivity index (χ0) is 13.1. The average molecular weight is 244 g/mol. The minimum absolute atomic E-state index is 0.270. The van der Waals surface area contributed by atoms with E-state index in [2.05, 4.69) is 5.32 Å². The van der Waals surface area contributed by atoms with Crippen LogP contribution in [0, 0.1) is 6.92 Å². The van der Waals surface area contributed by atoms with Crippen LogP contribution < -0.4 is 11.1 Å². The van der Waals surface area contributed by atoms with Gasteiger partial charge in [-0.15, -0.1) is 0 Å². The Morgan fingerprint density at radius 3 is 2.50 bits per heavy atom. The molecule has 0 aliphatic carbocycles. The Kier molecular flexibility index (Phi) is 3.14. The molecular formula is C13H12N2O3. The average Bonchev–Trinajstić information content (AvgIpc) is 2.76. The van der Waals surface area contributed by atoms with Gasteiger partial charge in [-0.25, -0.2) is 0 Å². The molecule has 1 heterocycles. The zero-order valence-electron chi connectivity index (χ0n) is 9.77. The second kappa shape index (κ2) is 4.75. The lowest BCUT2D eigenvalue weighted by molar-refractivity contribution is 0.100. The van der Waals surface area contributed by atoms with Crippen LogP contribution in [0.1, 0.15) is 26.5 Å². The smallest absolute Gasteiger partial charge is 0.259 e. The molecule has 0 saturated heterocycles. The van der Waals surface area contributed by atoms with Crippen LogP contribution in [0.4, 0.5) is 5.69 Å². The van der Waals surface area contributed by atoms with E-state index in [0.29, 0.717) is 17.0 Å². The maximum atomic E-state index is 11.9. The SMILES string of the molecule is Cc1occc1C(=O)Nc1ccccc1C(N)=O. The largest absolute Gasteiger partial charge is 0.469 e. The summed E-state index contributed by atoms with van der Waals surface area (Å²) in [4.78, 5) is 23.2. The van der Waals surface area contributed by atoms with E-state index >= 15 is 0 Å². The quantitative estimate of drug-likeness (QED) is 0.865. The lowest BCUT2D eigenvalue weighted by atomic mass is 10.1. The van der Waals surface area contributed by atoms with Crippen molar-refractivity contribution in [2.45, 2.75) is 6.92 Å². The van der Waals surface area contributed by atoms with Crippen molar-refractivity contribution >= 4 is 17.5 Å². The molecule has 2 rings (SSSR count). The molecule has 0 fully saturated rings. The van der Waals surface area contributed by atoms with Gasteiger partial charge in [-0.2, -0.15) is 0 Å². The van der Waals surface area contributed by atoms with Gasteiger partial charge in [0.2, 0.25) is 0 Å². The van der Waals surface area contributed by atoms with Gasteiger partial charge in [0.1, 0.15) is 5.76 Å². The third kappa shape index (κ3) is 2.24. The monoisotopic (exact) mass is 244 g/mol. The van der Waals surface area contributed by atoms with Gasteiger partial charge in [0.15, 0.2) is 0 Å². The molecule has 0 bridgehead atoms. The van der Waals surface area contributed by atoms with Crippen molar-refractivity contribution in [1.82, 2.24) is 0 Å². The van der Waals surface area contributed by atoms with Gasteiger partial charge in [0, 0.05) is 0 Å². The topological polar surface area (TPSA) is 85.3 Å². The van der Waals surface area contributed by atoms with Crippen LogP contribution in [0.15, 0.2) is 41.0 Å². The molecule has 5 nitrogen and oxygen atoms in total. The Labute approximate surface area is 104 Å². The maximum Gasteiger partial charge on any atom is 0.259 e. The Morgan fingerprint density at radius 2 is 1.89 bits per heavy atom. The molecule has 2 aromatic rings. The number of carbonyl (C=O) groups excluding carboxylic acids is 2. The molecule has 0 spiro atoms. The third-order valence-electron chi connectivity index (χ3n) is 2.54. The van der Waals surface area contributed by atoms with E-state index in [9.17, 15) is 9.59 Å². The van der Waals surface area contributed by atoms with Crippen LogP contribution >= 0.6 is 0 Å². The highest BCUT2D eigenvalue weighted by Gasteiger charge is 2.14. The number of anilines is 1. The number of para-hydroxylation sites is 1. The minimum Gasteiger partial charge on any atom is -0.469 e. The van der Waals surface area contributed by atoms with Crippen LogP contribution in [0.5, 0.6) is 0 Å². The van der Waals surface area contributed by atoms with Crippen molar-refractivity contribution in [3.63, 3.8) is 0 Å². The van der Waals surface area contributed by atoms with E-state index in [1.165, 1.54) is 6.26 Å². The number of nitrogens with one attached hydrogen (secondary N) is 1. The van der Waals surface area contributed by atoms with E-state index in [-0.39, 0.29) is 11.5 Å². The Morgan fingerprint density at radius 1 is 1.17 bits per heavy atom. The number of benzene rings is 1. The number of primary amides is 1. The molecule has 3 N–H and O–H groups in total. The third-order valence-corrected chi connectivity index (χ3v) is 2.54. The molecule has 92 valence electrons. The van der Waals surface area contributed by atoms with Crippen LogP contribution in [0.3, 0.4) is 0 Å². The van der Waals surface area contributed by atoms with Crippen molar-refractivity contribution in [2.75, 3.05) is 5.32 Å². The fourth-order valence-corrected chi connectivity index (χ4v) is 1.62. The summed E-state index contributed by atoms with van der Waals surface area (Å²) < 4.78 is 5.05. The van der Waals surface area contributed by atoms with Gasteiger partial charge in [0.05, 0.1) is 23.1 Å². The normalized spacial score (nSPS) is 10.1. The van der Waals surface area contributed by atoms with Crippen LogP contribution in [-0.2, 0) is 0 Å². The molecular weight excluding hydrogens is 232 g/mol. The Balaban J connectivity index is 2.28. The number of hydrogen-bond acceptors (Lipinski definition) is 3. The van der Waals surface area contributed by atoms with Gasteiger partial charge < -0.3 is 15.5 Å². The fraction of sp³-hybridized carbons (Fsp3) is 0.0769. The number of hydrogen-bond donors (Lipinski definition) is 2. The van der Waals surface area contributed by atoms with E-state index in [4.69, 9.17) is 10.2 Å². The summed E-state index contributed by atoms with van der Waals surface area (Å²) in [6.07, 6.45) is 1.43. The first-order chi connectivity index (χ1) is 8.59. The highest BCUT2D eigenvalue weighted by atomic mass is 16.3. The number of nitrogens with two attached hydrogens (primary N) is 1. The van der Waals surface area contributed by atoms with Crippen LogP contribution in [0.25, 0.3) is 0 Å². The zero-order valence-corrected chi connectivity index (χ0v) is 9.77. The van der Waals surface area contributed by atoms with E-state index in [1.54, 1.807) is 37.3 Å². The predicted octanol–water partition coefficient (Wildman–Crippen LogP) is 1.94. The molecule has 0 radical (unpaired) electrons. The molecule has 5 heteroatoms. The molecule has 2 amide bonds. The van der Waals surface area contributed by atoms with Crippen LogP contribution in [-0.4, -0.2) is 11.8 Å². The Bertz CT molecular complexity index is 602. The van der Waals surface area contributed by atoms with Gasteiger partial charge in [0.25, 0.3) is 11.8 Å². The van der Waals surface area contributed by atoms with Crippen molar-refractivity contribution in [1.29, 1.82) is 0 Å². The molecule has 0 aliphatic rings. The van der Waals surface area contributed by atoms with Crippen molar-refractivity contribution in [2.24, 2.45) is 5.73 Å². The minimum atomic E-state index is -0.588. The number of aryl methyl sites for hydroxylation is 1. The van der Waals surface area contributed by atoms with Gasteiger partial charge in [-0.1, -0.05) is 12.1 Å². The van der Waals surface area contributed by atoms with E-state index < -0.39 is 5.91 Å². The molecule has 0 unspecified atom stereocenters. The molecule has 1 aromatic carbocycles. The summed E-state index contributed by atoms with van der Waals surface area (Å²) in [5.74, 6) is -0.408. The van der Waals surface area contributed by atoms with Crippen molar-refractivity contribution in [3.05, 3.63) is 53.5 Å².